The lowest BCUT2D eigenvalue weighted by Gasteiger charge is -2.36. The summed E-state index contributed by atoms with van der Waals surface area (Å²) in [7, 11) is 1.74. The van der Waals surface area contributed by atoms with E-state index in [1.54, 1.807) is 35.0 Å². The number of likely N-dealkylation sites (N-methyl/N-ethyl adjacent to an activating group) is 1. The molecule has 0 unspecified atom stereocenters. The van der Waals surface area contributed by atoms with Gasteiger partial charge in [-0.1, -0.05) is 48.2 Å². The van der Waals surface area contributed by atoms with Gasteiger partial charge in [0.1, 0.15) is 5.82 Å². The van der Waals surface area contributed by atoms with Gasteiger partial charge < -0.3 is 14.7 Å². The molecule has 178 valence electrons. The highest BCUT2D eigenvalue weighted by Crippen LogP contribution is 2.42. The van der Waals surface area contributed by atoms with Gasteiger partial charge in [0.05, 0.1) is 16.3 Å². The van der Waals surface area contributed by atoms with E-state index in [4.69, 9.17) is 0 Å². The van der Waals surface area contributed by atoms with Crippen molar-refractivity contribution in [2.45, 2.75) is 11.8 Å². The van der Waals surface area contributed by atoms with Crippen molar-refractivity contribution in [1.82, 2.24) is 4.90 Å². The molecule has 0 N–H and O–H groups in total. The second kappa shape index (κ2) is 9.58. The summed E-state index contributed by atoms with van der Waals surface area (Å²) in [6.07, 6.45) is 1.93. The molecule has 0 aliphatic carbocycles. The highest BCUT2D eigenvalue weighted by molar-refractivity contribution is 8.04. The van der Waals surface area contributed by atoms with Gasteiger partial charge in [-0.25, -0.2) is 4.39 Å². The summed E-state index contributed by atoms with van der Waals surface area (Å²) in [6.45, 7) is 4.18. The van der Waals surface area contributed by atoms with Gasteiger partial charge in [-0.15, -0.1) is 0 Å². The second-order valence-electron chi connectivity index (χ2n) is 8.74. The Morgan fingerprint density at radius 2 is 1.66 bits per heavy atom. The monoisotopic (exact) mass is 487 g/mol. The number of fused-ring (bicyclic) bond motifs is 1. The number of carbonyl (C=O) groups excluding carboxylic acids is 2. The lowest BCUT2D eigenvalue weighted by Crippen LogP contribution is -2.49. The first-order valence-corrected chi connectivity index (χ1v) is 12.4. The van der Waals surface area contributed by atoms with Crippen molar-refractivity contribution in [3.63, 3.8) is 0 Å². The van der Waals surface area contributed by atoms with Crippen LogP contribution in [0.5, 0.6) is 0 Å². The summed E-state index contributed by atoms with van der Waals surface area (Å²) in [4.78, 5) is 33.3. The summed E-state index contributed by atoms with van der Waals surface area (Å²) in [5, 5.41) is 0. The number of anilines is 2. The molecule has 5 rings (SSSR count). The van der Waals surface area contributed by atoms with Gasteiger partial charge in [0, 0.05) is 43.7 Å². The van der Waals surface area contributed by atoms with Crippen molar-refractivity contribution in [1.29, 1.82) is 0 Å². The van der Waals surface area contributed by atoms with E-state index in [2.05, 4.69) is 0 Å². The number of hydrogen-bond donors (Lipinski definition) is 0. The number of aryl methyl sites for hydroxylation is 1. The molecule has 0 bridgehead atoms. The van der Waals surface area contributed by atoms with E-state index in [1.165, 1.54) is 17.8 Å². The molecular formula is C28H26FN3O2S. The zero-order chi connectivity index (χ0) is 24.5. The zero-order valence-electron chi connectivity index (χ0n) is 19.7. The third-order valence-electron chi connectivity index (χ3n) is 6.54. The first-order valence-electron chi connectivity index (χ1n) is 11.6. The minimum absolute atomic E-state index is 0.0759. The molecule has 5 nitrogen and oxygen atoms in total. The minimum atomic E-state index is -0.247. The quantitative estimate of drug-likeness (QED) is 0.476. The van der Waals surface area contributed by atoms with Crippen LogP contribution in [0.2, 0.25) is 0 Å². The molecule has 0 saturated carbocycles. The number of nitrogens with zero attached hydrogens (tertiary/aromatic N) is 3. The van der Waals surface area contributed by atoms with Crippen molar-refractivity contribution >= 4 is 41.0 Å². The van der Waals surface area contributed by atoms with Gasteiger partial charge >= 0.3 is 0 Å². The number of amides is 2. The molecule has 0 spiro atoms. The largest absolute Gasteiger partial charge is 0.366 e. The molecule has 2 heterocycles. The molecule has 2 amide bonds. The van der Waals surface area contributed by atoms with Crippen LogP contribution in [-0.4, -0.2) is 49.9 Å². The average Bonchev–Trinajstić information content (AvgIpc) is 2.88. The van der Waals surface area contributed by atoms with Crippen molar-refractivity contribution in [3.8, 4) is 0 Å². The van der Waals surface area contributed by atoms with E-state index < -0.39 is 0 Å². The van der Waals surface area contributed by atoms with Crippen molar-refractivity contribution in [2.75, 3.05) is 43.0 Å². The lowest BCUT2D eigenvalue weighted by atomic mass is 10.1. The van der Waals surface area contributed by atoms with Gasteiger partial charge in [-0.2, -0.15) is 0 Å². The van der Waals surface area contributed by atoms with E-state index in [-0.39, 0.29) is 17.6 Å². The molecular weight excluding hydrogens is 461 g/mol. The average molecular weight is 488 g/mol. The Bertz CT molecular complexity index is 1330. The van der Waals surface area contributed by atoms with Crippen molar-refractivity contribution in [2.24, 2.45) is 0 Å². The topological polar surface area (TPSA) is 43.9 Å². The lowest BCUT2D eigenvalue weighted by molar-refractivity contribution is -0.114. The summed E-state index contributed by atoms with van der Waals surface area (Å²) in [6, 6.07) is 20.2. The summed E-state index contributed by atoms with van der Waals surface area (Å²) < 4.78 is 14.1. The fourth-order valence-corrected chi connectivity index (χ4v) is 5.54. The summed E-state index contributed by atoms with van der Waals surface area (Å²) in [5.41, 5.74) is 3.98. The van der Waals surface area contributed by atoms with Crippen LogP contribution in [0.25, 0.3) is 6.08 Å². The Labute approximate surface area is 208 Å². The highest BCUT2D eigenvalue weighted by atomic mass is 32.2. The summed E-state index contributed by atoms with van der Waals surface area (Å²) >= 11 is 1.43. The Balaban J connectivity index is 1.32. The molecule has 0 atom stereocenters. The summed E-state index contributed by atoms with van der Waals surface area (Å²) in [5.74, 6) is -0.412. The van der Waals surface area contributed by atoms with E-state index in [9.17, 15) is 14.0 Å². The van der Waals surface area contributed by atoms with Crippen LogP contribution < -0.4 is 9.80 Å². The van der Waals surface area contributed by atoms with Crippen LogP contribution in [0, 0.1) is 12.7 Å². The number of para-hydroxylation sites is 1. The SMILES string of the molecule is Cc1ccccc1C=C1Sc2ccc(C(=O)N3CCN(c4ccccc4F)CC3)cc2N(C)C1=O. The number of benzene rings is 3. The van der Waals surface area contributed by atoms with Crippen molar-refractivity contribution in [3.05, 3.63) is 94.1 Å². The first-order chi connectivity index (χ1) is 16.9. The standard InChI is InChI=1S/C28H26FN3O2S/c1-19-7-3-4-8-20(19)18-26-28(34)30(2)24-17-21(11-12-25(24)35-26)27(33)32-15-13-31(14-16-32)23-10-6-5-9-22(23)29/h3-12,17-18H,13-16H2,1-2H3. The molecule has 1 saturated heterocycles. The predicted octanol–water partition coefficient (Wildman–Crippen LogP) is 5.21. The van der Waals surface area contributed by atoms with Gasteiger partial charge in [-0.3, -0.25) is 9.59 Å². The smallest absolute Gasteiger partial charge is 0.264 e. The van der Waals surface area contributed by atoms with Crippen LogP contribution in [-0.2, 0) is 4.79 Å². The number of carbonyl (C=O) groups is 2. The highest BCUT2D eigenvalue weighted by Gasteiger charge is 2.29. The van der Waals surface area contributed by atoms with Crippen molar-refractivity contribution < 1.29 is 14.0 Å². The third kappa shape index (κ3) is 4.56. The van der Waals surface area contributed by atoms with Crippen LogP contribution in [0.4, 0.5) is 15.8 Å². The first kappa shape index (κ1) is 23.2. The predicted molar refractivity (Wildman–Crippen MR) is 139 cm³/mol. The van der Waals surface area contributed by atoms with E-state index >= 15 is 0 Å². The Kier molecular flexibility index (Phi) is 6.34. The second-order valence-corrected chi connectivity index (χ2v) is 9.83. The van der Waals surface area contributed by atoms with Gasteiger partial charge in [0.25, 0.3) is 11.8 Å². The van der Waals surface area contributed by atoms with Crippen LogP contribution in [0.1, 0.15) is 21.5 Å². The molecule has 3 aromatic rings. The Morgan fingerprint density at radius 3 is 2.40 bits per heavy atom. The maximum absolute atomic E-state index is 14.1. The maximum atomic E-state index is 14.1. The van der Waals surface area contributed by atoms with Crippen LogP contribution in [0.15, 0.2) is 76.5 Å². The molecule has 2 aliphatic rings. The van der Waals surface area contributed by atoms with Gasteiger partial charge in [-0.05, 0) is 54.5 Å². The third-order valence-corrected chi connectivity index (χ3v) is 7.62. The molecule has 0 radical (unpaired) electrons. The van der Waals surface area contributed by atoms with Gasteiger partial charge in [0.2, 0.25) is 0 Å². The van der Waals surface area contributed by atoms with Crippen LogP contribution in [0.3, 0.4) is 0 Å². The fraction of sp³-hybridized carbons (Fsp3) is 0.214. The number of rotatable bonds is 3. The van der Waals surface area contributed by atoms with Gasteiger partial charge in [0.15, 0.2) is 0 Å². The van der Waals surface area contributed by atoms with E-state index in [0.717, 1.165) is 21.7 Å². The fourth-order valence-electron chi connectivity index (χ4n) is 4.46. The molecule has 2 aliphatic heterocycles. The Morgan fingerprint density at radius 1 is 0.943 bits per heavy atom. The molecule has 3 aromatic carbocycles. The Hall–Kier alpha value is -3.58. The number of thioether (sulfide) groups is 1. The number of piperazine rings is 1. The van der Waals surface area contributed by atoms with Crippen LogP contribution >= 0.6 is 11.8 Å². The normalized spacial score (nSPS) is 17.1. The maximum Gasteiger partial charge on any atom is 0.264 e. The van der Waals surface area contributed by atoms with E-state index in [0.29, 0.717) is 42.3 Å². The number of hydrogen-bond acceptors (Lipinski definition) is 4. The molecule has 35 heavy (non-hydrogen) atoms. The molecule has 7 heteroatoms. The minimum Gasteiger partial charge on any atom is -0.366 e. The van der Waals surface area contributed by atoms with E-state index in [1.807, 2.05) is 60.4 Å². The zero-order valence-corrected chi connectivity index (χ0v) is 20.5. The number of halogens is 1. The molecule has 0 aromatic heterocycles. The molecule has 1 fully saturated rings.